The SMILES string of the molecule is Cc1ccccc1OCCNc1cnn(-c2ccc([N+](=O)[O-])cc2)c(=O)c1Cl. The van der Waals surface area contributed by atoms with Gasteiger partial charge in [-0.15, -0.1) is 0 Å². The van der Waals surface area contributed by atoms with Gasteiger partial charge in [0.2, 0.25) is 0 Å². The number of rotatable bonds is 7. The van der Waals surface area contributed by atoms with Crippen LogP contribution in [0.3, 0.4) is 0 Å². The second-order valence-corrected chi connectivity index (χ2v) is 6.28. The minimum absolute atomic E-state index is 0.0238. The van der Waals surface area contributed by atoms with Crippen LogP contribution in [-0.2, 0) is 0 Å². The van der Waals surface area contributed by atoms with E-state index in [9.17, 15) is 14.9 Å². The standard InChI is InChI=1S/C19H17ClN4O4/c1-13-4-2-3-5-17(13)28-11-10-21-16-12-22-23(19(25)18(16)20)14-6-8-15(9-7-14)24(26)27/h2-9,12,21H,10-11H2,1H3. The molecule has 9 heteroatoms. The maximum atomic E-state index is 12.5. The number of para-hydroxylation sites is 1. The Labute approximate surface area is 165 Å². The highest BCUT2D eigenvalue weighted by Gasteiger charge is 2.12. The third-order valence-electron chi connectivity index (χ3n) is 3.99. The van der Waals surface area contributed by atoms with Crippen LogP contribution < -0.4 is 15.6 Å². The van der Waals surface area contributed by atoms with Crippen molar-refractivity contribution in [3.8, 4) is 11.4 Å². The van der Waals surface area contributed by atoms with Crippen molar-refractivity contribution in [1.82, 2.24) is 9.78 Å². The van der Waals surface area contributed by atoms with E-state index in [1.165, 1.54) is 30.5 Å². The maximum absolute atomic E-state index is 12.5. The minimum atomic E-state index is -0.527. The van der Waals surface area contributed by atoms with Crippen LogP contribution in [0.1, 0.15) is 5.56 Å². The zero-order valence-corrected chi connectivity index (χ0v) is 15.7. The summed E-state index contributed by atoms with van der Waals surface area (Å²) in [5.74, 6) is 0.794. The van der Waals surface area contributed by atoms with E-state index < -0.39 is 10.5 Å². The van der Waals surface area contributed by atoms with E-state index in [1.54, 1.807) is 0 Å². The van der Waals surface area contributed by atoms with Crippen LogP contribution in [-0.4, -0.2) is 27.9 Å². The summed E-state index contributed by atoms with van der Waals surface area (Å²) >= 11 is 6.17. The first-order valence-corrected chi connectivity index (χ1v) is 8.80. The zero-order chi connectivity index (χ0) is 20.1. The molecule has 0 amide bonds. The Morgan fingerprint density at radius 1 is 1.21 bits per heavy atom. The number of nitro benzene ring substituents is 1. The number of aromatic nitrogens is 2. The van der Waals surface area contributed by atoms with Crippen LogP contribution in [0.15, 0.2) is 59.5 Å². The molecule has 0 aliphatic carbocycles. The number of anilines is 1. The predicted octanol–water partition coefficient (Wildman–Crippen LogP) is 3.59. The molecule has 0 bridgehead atoms. The predicted molar refractivity (Wildman–Crippen MR) is 107 cm³/mol. The molecule has 144 valence electrons. The summed E-state index contributed by atoms with van der Waals surface area (Å²) in [7, 11) is 0. The lowest BCUT2D eigenvalue weighted by molar-refractivity contribution is -0.384. The molecule has 28 heavy (non-hydrogen) atoms. The lowest BCUT2D eigenvalue weighted by atomic mass is 10.2. The number of hydrogen-bond acceptors (Lipinski definition) is 6. The van der Waals surface area contributed by atoms with E-state index in [0.717, 1.165) is 16.0 Å². The molecule has 2 aromatic carbocycles. The van der Waals surface area contributed by atoms with Gasteiger partial charge < -0.3 is 10.1 Å². The molecule has 8 nitrogen and oxygen atoms in total. The van der Waals surface area contributed by atoms with E-state index in [1.807, 2.05) is 31.2 Å². The van der Waals surface area contributed by atoms with Gasteiger partial charge >= 0.3 is 0 Å². The Balaban J connectivity index is 1.67. The van der Waals surface area contributed by atoms with Crippen molar-refractivity contribution in [2.24, 2.45) is 0 Å². The maximum Gasteiger partial charge on any atom is 0.292 e. The van der Waals surface area contributed by atoms with E-state index in [4.69, 9.17) is 16.3 Å². The van der Waals surface area contributed by atoms with E-state index >= 15 is 0 Å². The van der Waals surface area contributed by atoms with Gasteiger partial charge in [-0.2, -0.15) is 9.78 Å². The van der Waals surface area contributed by atoms with Gasteiger partial charge in [-0.25, -0.2) is 0 Å². The van der Waals surface area contributed by atoms with Gasteiger partial charge in [0.25, 0.3) is 11.2 Å². The van der Waals surface area contributed by atoms with Crippen molar-refractivity contribution in [3.05, 3.63) is 85.8 Å². The van der Waals surface area contributed by atoms with Crippen molar-refractivity contribution >= 4 is 23.0 Å². The van der Waals surface area contributed by atoms with Gasteiger partial charge in [0, 0.05) is 18.7 Å². The molecule has 3 aromatic rings. The van der Waals surface area contributed by atoms with E-state index in [2.05, 4.69) is 10.4 Å². The van der Waals surface area contributed by atoms with Crippen LogP contribution >= 0.6 is 11.6 Å². The molecular formula is C19H17ClN4O4. The number of non-ortho nitro benzene ring substituents is 1. The number of aryl methyl sites for hydroxylation is 1. The van der Waals surface area contributed by atoms with Gasteiger partial charge in [-0.1, -0.05) is 29.8 Å². The van der Waals surface area contributed by atoms with Crippen molar-refractivity contribution in [2.75, 3.05) is 18.5 Å². The number of nitro groups is 1. The van der Waals surface area contributed by atoms with Crippen LogP contribution in [0.2, 0.25) is 5.02 Å². The second kappa shape index (κ2) is 8.53. The Morgan fingerprint density at radius 2 is 1.93 bits per heavy atom. The Bertz CT molecular complexity index is 1050. The molecule has 0 radical (unpaired) electrons. The summed E-state index contributed by atoms with van der Waals surface area (Å²) < 4.78 is 6.77. The van der Waals surface area contributed by atoms with Crippen molar-refractivity contribution in [3.63, 3.8) is 0 Å². The molecular weight excluding hydrogens is 384 g/mol. The molecule has 0 aliphatic rings. The van der Waals surface area contributed by atoms with Crippen LogP contribution in [0.4, 0.5) is 11.4 Å². The third kappa shape index (κ3) is 4.29. The molecule has 0 unspecified atom stereocenters. The van der Waals surface area contributed by atoms with Crippen LogP contribution in [0.25, 0.3) is 5.69 Å². The summed E-state index contributed by atoms with van der Waals surface area (Å²) in [5, 5.41) is 17.8. The molecule has 0 fully saturated rings. The van der Waals surface area contributed by atoms with E-state index in [-0.39, 0.29) is 10.7 Å². The van der Waals surface area contributed by atoms with Crippen molar-refractivity contribution in [1.29, 1.82) is 0 Å². The normalized spacial score (nSPS) is 10.5. The zero-order valence-electron chi connectivity index (χ0n) is 15.0. The Morgan fingerprint density at radius 3 is 2.61 bits per heavy atom. The summed E-state index contributed by atoms with van der Waals surface area (Å²) in [4.78, 5) is 22.7. The highest BCUT2D eigenvalue weighted by molar-refractivity contribution is 6.32. The molecule has 0 saturated carbocycles. The van der Waals surface area contributed by atoms with Crippen LogP contribution in [0.5, 0.6) is 5.75 Å². The van der Waals surface area contributed by atoms with Gasteiger partial charge in [-0.05, 0) is 30.7 Å². The lowest BCUT2D eigenvalue weighted by Gasteiger charge is -2.12. The summed E-state index contributed by atoms with van der Waals surface area (Å²) in [5.41, 5.74) is 1.20. The molecule has 1 aromatic heterocycles. The van der Waals surface area contributed by atoms with Gasteiger partial charge in [-0.3, -0.25) is 14.9 Å². The summed E-state index contributed by atoms with van der Waals surface area (Å²) in [6, 6.07) is 13.1. The topological polar surface area (TPSA) is 99.3 Å². The largest absolute Gasteiger partial charge is 0.491 e. The van der Waals surface area contributed by atoms with E-state index in [0.29, 0.717) is 24.5 Å². The quantitative estimate of drug-likeness (QED) is 0.369. The van der Waals surface area contributed by atoms with Crippen LogP contribution in [0, 0.1) is 17.0 Å². The Kier molecular flexibility index (Phi) is 5.90. The molecule has 0 atom stereocenters. The number of nitrogens with one attached hydrogen (secondary N) is 1. The number of halogens is 1. The summed E-state index contributed by atoms with van der Waals surface area (Å²) in [6.07, 6.45) is 1.43. The van der Waals surface area contributed by atoms with Crippen molar-refractivity contribution < 1.29 is 9.66 Å². The highest BCUT2D eigenvalue weighted by Crippen LogP contribution is 2.19. The average Bonchev–Trinajstić information content (AvgIpc) is 2.70. The Hall–Kier alpha value is -3.39. The fourth-order valence-electron chi connectivity index (χ4n) is 2.52. The highest BCUT2D eigenvalue weighted by atomic mass is 35.5. The first-order chi connectivity index (χ1) is 13.5. The third-order valence-corrected chi connectivity index (χ3v) is 4.36. The fourth-order valence-corrected chi connectivity index (χ4v) is 2.72. The smallest absolute Gasteiger partial charge is 0.292 e. The number of ether oxygens (including phenoxy) is 1. The average molecular weight is 401 g/mol. The minimum Gasteiger partial charge on any atom is -0.491 e. The fraction of sp³-hybridized carbons (Fsp3) is 0.158. The van der Waals surface area contributed by atoms with Crippen molar-refractivity contribution in [2.45, 2.75) is 6.92 Å². The monoisotopic (exact) mass is 400 g/mol. The lowest BCUT2D eigenvalue weighted by Crippen LogP contribution is -2.23. The summed E-state index contributed by atoms with van der Waals surface area (Å²) in [6.45, 7) is 2.77. The van der Waals surface area contributed by atoms with Gasteiger partial charge in [0.15, 0.2) is 0 Å². The molecule has 0 aliphatic heterocycles. The second-order valence-electron chi connectivity index (χ2n) is 5.90. The molecule has 0 spiro atoms. The first kappa shape index (κ1) is 19.4. The number of benzene rings is 2. The number of hydrogen-bond donors (Lipinski definition) is 1. The molecule has 1 N–H and O–H groups in total. The molecule has 0 saturated heterocycles. The van der Waals surface area contributed by atoms with Gasteiger partial charge in [0.1, 0.15) is 17.4 Å². The first-order valence-electron chi connectivity index (χ1n) is 8.42. The van der Waals surface area contributed by atoms with Gasteiger partial charge in [0.05, 0.1) is 22.5 Å². The molecule has 3 rings (SSSR count). The molecule has 1 heterocycles. The number of nitrogens with zero attached hydrogens (tertiary/aromatic N) is 3.